The van der Waals surface area contributed by atoms with Crippen LogP contribution in [0.15, 0.2) is 24.3 Å². The molecule has 1 aromatic carbocycles. The highest BCUT2D eigenvalue weighted by Gasteiger charge is 2.33. The molecule has 2 saturated heterocycles. The van der Waals surface area contributed by atoms with Gasteiger partial charge in [0.25, 0.3) is 0 Å². The first-order valence-corrected chi connectivity index (χ1v) is 9.01. The Morgan fingerprint density at radius 1 is 1.15 bits per heavy atom. The lowest BCUT2D eigenvalue weighted by Gasteiger charge is -2.34. The first kappa shape index (κ1) is 18.9. The predicted octanol–water partition coefficient (Wildman–Crippen LogP) is 1.41. The maximum atomic E-state index is 13.0. The van der Waals surface area contributed by atoms with Gasteiger partial charge in [-0.1, -0.05) is 0 Å². The summed E-state index contributed by atoms with van der Waals surface area (Å²) in [6.45, 7) is 4.06. The lowest BCUT2D eigenvalue weighted by Crippen LogP contribution is -2.54. The molecule has 1 aromatic rings. The molecule has 8 nitrogen and oxygen atoms in total. The van der Waals surface area contributed by atoms with Crippen molar-refractivity contribution >= 4 is 23.7 Å². The van der Waals surface area contributed by atoms with Crippen LogP contribution in [-0.2, 0) is 9.53 Å². The second-order valence-electron chi connectivity index (χ2n) is 6.50. The first-order chi connectivity index (χ1) is 13.0. The van der Waals surface area contributed by atoms with Crippen LogP contribution in [-0.4, -0.2) is 73.2 Å². The van der Waals surface area contributed by atoms with E-state index in [0.717, 1.165) is 0 Å². The number of carbonyl (C=O) groups is 3. The van der Waals surface area contributed by atoms with E-state index < -0.39 is 0 Å². The maximum absolute atomic E-state index is 13.0. The Morgan fingerprint density at radius 2 is 1.78 bits per heavy atom. The Morgan fingerprint density at radius 3 is 2.41 bits per heavy atom. The molecule has 2 aliphatic rings. The molecule has 0 aromatic heterocycles. The van der Waals surface area contributed by atoms with E-state index in [4.69, 9.17) is 4.74 Å². The van der Waals surface area contributed by atoms with Crippen LogP contribution in [0.3, 0.4) is 0 Å². The van der Waals surface area contributed by atoms with E-state index in [2.05, 4.69) is 5.32 Å². The molecule has 0 aliphatic carbocycles. The van der Waals surface area contributed by atoms with Gasteiger partial charge in [-0.15, -0.1) is 0 Å². The summed E-state index contributed by atoms with van der Waals surface area (Å²) in [4.78, 5) is 41.1. The van der Waals surface area contributed by atoms with Crippen molar-refractivity contribution in [1.82, 2.24) is 15.1 Å². The van der Waals surface area contributed by atoms with Crippen molar-refractivity contribution in [3.63, 3.8) is 0 Å². The number of hydrogen-bond donors (Lipinski definition) is 1. The number of halogens is 1. The summed E-state index contributed by atoms with van der Waals surface area (Å²) in [7, 11) is 0. The Hall–Kier alpha value is -2.84. The third-order valence-corrected chi connectivity index (χ3v) is 4.68. The van der Waals surface area contributed by atoms with Gasteiger partial charge in [0, 0.05) is 44.8 Å². The van der Waals surface area contributed by atoms with Gasteiger partial charge in [0.05, 0.1) is 12.6 Å². The molecule has 1 unspecified atom stereocenters. The average molecular weight is 378 g/mol. The highest BCUT2D eigenvalue weighted by molar-refractivity contribution is 5.96. The normalized spacial score (nSPS) is 20.0. The van der Waals surface area contributed by atoms with Crippen LogP contribution in [0, 0.1) is 5.82 Å². The Labute approximate surface area is 156 Å². The van der Waals surface area contributed by atoms with Gasteiger partial charge in [-0.2, -0.15) is 0 Å². The quantitative estimate of drug-likeness (QED) is 0.862. The van der Waals surface area contributed by atoms with E-state index in [-0.39, 0.29) is 36.3 Å². The first-order valence-electron chi connectivity index (χ1n) is 9.01. The topological polar surface area (TPSA) is 82.2 Å². The molecule has 2 fully saturated rings. The van der Waals surface area contributed by atoms with Crippen LogP contribution < -0.4 is 10.2 Å². The van der Waals surface area contributed by atoms with Crippen LogP contribution in [0.4, 0.5) is 19.7 Å². The number of hydrogen-bond acceptors (Lipinski definition) is 4. The minimum absolute atomic E-state index is 0.112. The van der Waals surface area contributed by atoms with E-state index in [0.29, 0.717) is 45.0 Å². The van der Waals surface area contributed by atoms with Crippen LogP contribution in [0.2, 0.25) is 0 Å². The molecule has 9 heteroatoms. The monoisotopic (exact) mass is 378 g/mol. The number of anilines is 1. The molecule has 0 spiro atoms. The van der Waals surface area contributed by atoms with E-state index >= 15 is 0 Å². The van der Waals surface area contributed by atoms with E-state index in [1.54, 1.807) is 33.8 Å². The van der Waals surface area contributed by atoms with Gasteiger partial charge in [0.15, 0.2) is 0 Å². The Bertz CT molecular complexity index is 704. The summed E-state index contributed by atoms with van der Waals surface area (Å²) in [5.41, 5.74) is 0.612. The van der Waals surface area contributed by atoms with Gasteiger partial charge >= 0.3 is 12.1 Å². The number of nitrogens with one attached hydrogen (secondary N) is 1. The second kappa shape index (κ2) is 8.24. The number of piperazine rings is 1. The molecule has 4 amide bonds. The molecule has 0 bridgehead atoms. The van der Waals surface area contributed by atoms with Gasteiger partial charge in [0.1, 0.15) is 5.82 Å². The number of urea groups is 1. The highest BCUT2D eigenvalue weighted by Crippen LogP contribution is 2.22. The van der Waals surface area contributed by atoms with E-state index in [1.165, 1.54) is 12.1 Å². The molecular weight excluding hydrogens is 355 g/mol. The second-order valence-corrected chi connectivity index (χ2v) is 6.50. The molecular formula is C18H23FN4O4. The van der Waals surface area contributed by atoms with Gasteiger partial charge < -0.3 is 24.8 Å². The van der Waals surface area contributed by atoms with Gasteiger partial charge in [0.2, 0.25) is 5.91 Å². The van der Waals surface area contributed by atoms with Crippen molar-refractivity contribution in [1.29, 1.82) is 0 Å². The number of ether oxygens (including phenoxy) is 1. The van der Waals surface area contributed by atoms with E-state index in [1.807, 2.05) is 0 Å². The minimum atomic E-state index is -0.367. The van der Waals surface area contributed by atoms with Crippen molar-refractivity contribution < 1.29 is 23.5 Å². The number of benzene rings is 1. The molecule has 27 heavy (non-hydrogen) atoms. The molecule has 2 aliphatic heterocycles. The van der Waals surface area contributed by atoms with Crippen LogP contribution in [0.1, 0.15) is 13.3 Å². The summed E-state index contributed by atoms with van der Waals surface area (Å²) >= 11 is 0. The Kier molecular flexibility index (Phi) is 5.78. The van der Waals surface area contributed by atoms with E-state index in [9.17, 15) is 18.8 Å². The largest absolute Gasteiger partial charge is 0.450 e. The smallest absolute Gasteiger partial charge is 0.409 e. The number of amides is 4. The summed E-state index contributed by atoms with van der Waals surface area (Å²) in [5.74, 6) is -0.476. The highest BCUT2D eigenvalue weighted by atomic mass is 19.1. The molecule has 2 heterocycles. The molecule has 0 saturated carbocycles. The van der Waals surface area contributed by atoms with Crippen LogP contribution in [0.25, 0.3) is 0 Å². The lowest BCUT2D eigenvalue weighted by molar-refractivity contribution is -0.117. The SMILES string of the molecule is CCOC(=O)N1CCN(C(=O)NC2CC(=O)N(c3ccc(F)cc3)C2)CC1. The summed E-state index contributed by atoms with van der Waals surface area (Å²) in [6.07, 6.45) is -0.166. The molecule has 3 rings (SSSR count). The fourth-order valence-corrected chi connectivity index (χ4v) is 3.25. The molecule has 1 N–H and O–H groups in total. The zero-order valence-electron chi connectivity index (χ0n) is 15.2. The van der Waals surface area contributed by atoms with Crippen LogP contribution >= 0.6 is 0 Å². The molecule has 0 radical (unpaired) electrons. The predicted molar refractivity (Wildman–Crippen MR) is 95.9 cm³/mol. The van der Waals surface area contributed by atoms with Crippen LogP contribution in [0.5, 0.6) is 0 Å². The summed E-state index contributed by atoms with van der Waals surface area (Å²) < 4.78 is 18.0. The Balaban J connectivity index is 1.50. The van der Waals surface area contributed by atoms with Crippen molar-refractivity contribution in [3.8, 4) is 0 Å². The van der Waals surface area contributed by atoms with Gasteiger partial charge in [-0.25, -0.2) is 14.0 Å². The lowest BCUT2D eigenvalue weighted by atomic mass is 10.2. The van der Waals surface area contributed by atoms with Crippen molar-refractivity contribution in [3.05, 3.63) is 30.1 Å². The fourth-order valence-electron chi connectivity index (χ4n) is 3.25. The summed E-state index contributed by atoms with van der Waals surface area (Å²) in [6, 6.07) is 5.14. The standard InChI is InChI=1S/C18H23FN4O4/c1-2-27-18(26)22-9-7-21(8-10-22)17(25)20-14-11-16(24)23(12-14)15-5-3-13(19)4-6-15/h3-6,14H,2,7-12H2,1H3,(H,20,25). The molecule has 146 valence electrons. The van der Waals surface area contributed by atoms with Gasteiger partial charge in [-0.05, 0) is 31.2 Å². The van der Waals surface area contributed by atoms with Crippen molar-refractivity contribution in [2.24, 2.45) is 0 Å². The van der Waals surface area contributed by atoms with Crippen molar-refractivity contribution in [2.45, 2.75) is 19.4 Å². The number of nitrogens with zero attached hydrogens (tertiary/aromatic N) is 3. The number of carbonyl (C=O) groups excluding carboxylic acids is 3. The molecule has 1 atom stereocenters. The van der Waals surface area contributed by atoms with Crippen molar-refractivity contribution in [2.75, 3.05) is 44.2 Å². The minimum Gasteiger partial charge on any atom is -0.450 e. The third kappa shape index (κ3) is 4.47. The summed E-state index contributed by atoms with van der Waals surface area (Å²) in [5, 5.41) is 2.88. The van der Waals surface area contributed by atoms with Gasteiger partial charge in [-0.3, -0.25) is 4.79 Å². The fraction of sp³-hybridized carbons (Fsp3) is 0.500. The zero-order valence-corrected chi connectivity index (χ0v) is 15.2. The number of rotatable bonds is 3. The zero-order chi connectivity index (χ0) is 19.4. The third-order valence-electron chi connectivity index (χ3n) is 4.68. The maximum Gasteiger partial charge on any atom is 0.409 e. The average Bonchev–Trinajstić information content (AvgIpc) is 3.02.